The number of nitriles is 1. The minimum atomic E-state index is -3.37. The van der Waals surface area contributed by atoms with Crippen molar-refractivity contribution in [3.05, 3.63) is 82.5 Å². The molecule has 212 valence electrons. The van der Waals surface area contributed by atoms with Gasteiger partial charge < -0.3 is 15.7 Å². The lowest BCUT2D eigenvalue weighted by Gasteiger charge is -2.17. The summed E-state index contributed by atoms with van der Waals surface area (Å²) in [5.74, 6) is -0.0156. The van der Waals surface area contributed by atoms with E-state index < -0.39 is 10.0 Å². The van der Waals surface area contributed by atoms with Gasteiger partial charge in [-0.05, 0) is 60.0 Å². The third kappa shape index (κ3) is 6.45. The Hall–Kier alpha value is -4.53. The normalized spacial score (nSPS) is 11.1. The second kappa shape index (κ2) is 11.9. The van der Waals surface area contributed by atoms with Gasteiger partial charge in [0, 0.05) is 20.0 Å². The van der Waals surface area contributed by atoms with Gasteiger partial charge in [-0.2, -0.15) is 10.4 Å². The van der Waals surface area contributed by atoms with E-state index in [-0.39, 0.29) is 35.3 Å². The van der Waals surface area contributed by atoms with E-state index in [0.29, 0.717) is 34.0 Å². The third-order valence-electron chi connectivity index (χ3n) is 6.50. The van der Waals surface area contributed by atoms with Crippen LogP contribution in [0.25, 0.3) is 16.8 Å². The molecule has 0 saturated carbocycles. The number of nitrogens with zero attached hydrogens (tertiary/aromatic N) is 4. The summed E-state index contributed by atoms with van der Waals surface area (Å²) in [5, 5.41) is 30.7. The maximum atomic E-state index is 11.9. The van der Waals surface area contributed by atoms with Crippen LogP contribution in [0.5, 0.6) is 5.75 Å². The van der Waals surface area contributed by atoms with Crippen molar-refractivity contribution in [2.45, 2.75) is 26.8 Å². The molecule has 0 radical (unpaired) electrons. The van der Waals surface area contributed by atoms with Crippen molar-refractivity contribution in [1.29, 1.82) is 5.26 Å². The minimum Gasteiger partial charge on any atom is -0.504 e. The SMILES string of the molecule is CCC(=O)Nc1cc(CNc2c(C#N)c(C)nn2-c2cccc(-c3ccc(N(C)S(C)(=O)=O)cc3)c2)cc(Cl)c1O. The Morgan fingerprint density at radius 1 is 1.15 bits per heavy atom. The highest BCUT2D eigenvalue weighted by molar-refractivity contribution is 7.92. The van der Waals surface area contributed by atoms with Crippen molar-refractivity contribution >= 4 is 44.7 Å². The molecule has 1 heterocycles. The number of carbonyl (C=O) groups excluding carboxylic acids is 1. The predicted octanol–water partition coefficient (Wildman–Crippen LogP) is 5.43. The van der Waals surface area contributed by atoms with Crippen molar-refractivity contribution in [3.8, 4) is 28.6 Å². The molecule has 3 N–H and O–H groups in total. The Bertz CT molecular complexity index is 1760. The number of phenolic OH excluding ortho intramolecular Hbond substituents is 1. The molecule has 0 saturated heterocycles. The van der Waals surface area contributed by atoms with Gasteiger partial charge in [0.2, 0.25) is 15.9 Å². The summed E-state index contributed by atoms with van der Waals surface area (Å²) in [6, 6.07) is 20.1. The molecule has 1 amide bonds. The number of aromatic hydroxyl groups is 1. The number of sulfonamides is 1. The van der Waals surface area contributed by atoms with E-state index in [0.717, 1.165) is 17.4 Å². The number of carbonyl (C=O) groups is 1. The van der Waals surface area contributed by atoms with Crippen molar-refractivity contribution in [1.82, 2.24) is 9.78 Å². The number of anilines is 3. The van der Waals surface area contributed by atoms with Crippen molar-refractivity contribution in [2.75, 3.05) is 28.2 Å². The number of rotatable bonds is 9. The van der Waals surface area contributed by atoms with E-state index in [4.69, 9.17) is 11.6 Å². The lowest BCUT2D eigenvalue weighted by atomic mass is 10.0. The summed E-state index contributed by atoms with van der Waals surface area (Å²) in [6.45, 7) is 3.68. The van der Waals surface area contributed by atoms with Gasteiger partial charge in [0.15, 0.2) is 5.75 Å². The molecule has 4 aromatic rings. The first-order valence-corrected chi connectivity index (χ1v) is 14.8. The van der Waals surface area contributed by atoms with E-state index in [1.165, 1.54) is 11.4 Å². The summed E-state index contributed by atoms with van der Waals surface area (Å²) in [6.07, 6.45) is 1.39. The van der Waals surface area contributed by atoms with Crippen LogP contribution in [0.15, 0.2) is 60.7 Å². The lowest BCUT2D eigenvalue weighted by Crippen LogP contribution is -2.24. The van der Waals surface area contributed by atoms with Crippen LogP contribution in [0, 0.1) is 18.3 Å². The number of amides is 1. The zero-order chi connectivity index (χ0) is 29.9. The van der Waals surface area contributed by atoms with Gasteiger partial charge >= 0.3 is 0 Å². The molecule has 1 aromatic heterocycles. The van der Waals surface area contributed by atoms with Crippen molar-refractivity contribution < 1.29 is 18.3 Å². The number of aryl methyl sites for hydroxylation is 1. The first-order valence-electron chi connectivity index (χ1n) is 12.6. The smallest absolute Gasteiger partial charge is 0.231 e. The second-order valence-electron chi connectivity index (χ2n) is 9.39. The number of benzene rings is 3. The van der Waals surface area contributed by atoms with Gasteiger partial charge in [0.1, 0.15) is 17.5 Å². The summed E-state index contributed by atoms with van der Waals surface area (Å²) in [5.41, 5.74) is 4.76. The molecular formula is C29H29ClN6O4S. The zero-order valence-corrected chi connectivity index (χ0v) is 24.5. The van der Waals surface area contributed by atoms with E-state index in [1.54, 1.807) is 42.8 Å². The maximum absolute atomic E-state index is 11.9. The van der Waals surface area contributed by atoms with E-state index in [1.807, 2.05) is 36.4 Å². The van der Waals surface area contributed by atoms with Crippen LogP contribution in [0.2, 0.25) is 5.02 Å². The second-order valence-corrected chi connectivity index (χ2v) is 11.8. The Balaban J connectivity index is 1.66. The molecule has 41 heavy (non-hydrogen) atoms. The fourth-order valence-corrected chi connectivity index (χ4v) is 4.91. The minimum absolute atomic E-state index is 0.0855. The molecule has 10 nitrogen and oxygen atoms in total. The number of nitrogens with one attached hydrogen (secondary N) is 2. The average Bonchev–Trinajstić information content (AvgIpc) is 3.28. The largest absolute Gasteiger partial charge is 0.504 e. The topological polar surface area (TPSA) is 140 Å². The molecule has 3 aromatic carbocycles. The molecule has 0 unspecified atom stereocenters. The van der Waals surface area contributed by atoms with Gasteiger partial charge in [-0.15, -0.1) is 0 Å². The fourth-order valence-electron chi connectivity index (χ4n) is 4.16. The van der Waals surface area contributed by atoms with Crippen LogP contribution in [-0.2, 0) is 21.4 Å². The summed E-state index contributed by atoms with van der Waals surface area (Å²) in [4.78, 5) is 11.9. The molecule has 0 fully saturated rings. The summed E-state index contributed by atoms with van der Waals surface area (Å²) >= 11 is 6.21. The van der Waals surface area contributed by atoms with Crippen LogP contribution in [0.4, 0.5) is 17.2 Å². The summed E-state index contributed by atoms with van der Waals surface area (Å²) in [7, 11) is -1.87. The predicted molar refractivity (Wildman–Crippen MR) is 161 cm³/mol. The Labute approximate surface area is 243 Å². The Morgan fingerprint density at radius 2 is 1.85 bits per heavy atom. The van der Waals surface area contributed by atoms with Crippen LogP contribution in [0.1, 0.15) is 30.2 Å². The number of hydrogen-bond acceptors (Lipinski definition) is 7. The molecule has 0 bridgehead atoms. The molecular weight excluding hydrogens is 564 g/mol. The number of phenols is 1. The van der Waals surface area contributed by atoms with Gasteiger partial charge in [-0.3, -0.25) is 9.10 Å². The van der Waals surface area contributed by atoms with Crippen molar-refractivity contribution in [3.63, 3.8) is 0 Å². The standard InChI is InChI=1S/C29H29ClN6O4S/c1-5-27(37)33-26-14-19(13-25(30)28(26)38)17-32-29-24(16-31)18(2)34-36(29)23-8-6-7-21(15-23)20-9-11-22(12-10-20)35(3)41(4,39)40/h6-15,32,38H,5,17H2,1-4H3,(H,33,37). The number of hydrogen-bond donors (Lipinski definition) is 3. The fraction of sp³-hybridized carbons (Fsp3) is 0.207. The Morgan fingerprint density at radius 3 is 2.49 bits per heavy atom. The van der Waals surface area contributed by atoms with Gasteiger partial charge in [0.25, 0.3) is 0 Å². The molecule has 0 atom stereocenters. The van der Waals surface area contributed by atoms with Crippen LogP contribution in [-0.4, -0.2) is 42.5 Å². The van der Waals surface area contributed by atoms with Crippen LogP contribution in [0.3, 0.4) is 0 Å². The van der Waals surface area contributed by atoms with Crippen LogP contribution < -0.4 is 14.9 Å². The maximum Gasteiger partial charge on any atom is 0.231 e. The molecule has 0 aliphatic heterocycles. The lowest BCUT2D eigenvalue weighted by molar-refractivity contribution is -0.115. The van der Waals surface area contributed by atoms with Gasteiger partial charge in [-0.1, -0.05) is 42.8 Å². The molecule has 4 rings (SSSR count). The average molecular weight is 593 g/mol. The van der Waals surface area contributed by atoms with Crippen molar-refractivity contribution in [2.24, 2.45) is 0 Å². The number of aromatic nitrogens is 2. The molecule has 0 spiro atoms. The first kappa shape index (κ1) is 29.5. The molecule has 0 aliphatic rings. The summed E-state index contributed by atoms with van der Waals surface area (Å²) < 4.78 is 26.6. The monoisotopic (exact) mass is 592 g/mol. The number of halogens is 1. The van der Waals surface area contributed by atoms with Gasteiger partial charge in [0.05, 0.1) is 34.0 Å². The van der Waals surface area contributed by atoms with Gasteiger partial charge in [-0.25, -0.2) is 13.1 Å². The Kier molecular flexibility index (Phi) is 8.56. The molecule has 12 heteroatoms. The van der Waals surface area contributed by atoms with E-state index in [2.05, 4.69) is 21.8 Å². The van der Waals surface area contributed by atoms with E-state index in [9.17, 15) is 23.6 Å². The third-order valence-corrected chi connectivity index (χ3v) is 8.00. The zero-order valence-electron chi connectivity index (χ0n) is 22.9. The van der Waals surface area contributed by atoms with E-state index >= 15 is 0 Å². The highest BCUT2D eigenvalue weighted by Crippen LogP contribution is 2.34. The molecule has 0 aliphatic carbocycles. The highest BCUT2D eigenvalue weighted by Gasteiger charge is 2.18. The highest BCUT2D eigenvalue weighted by atomic mass is 35.5. The quantitative estimate of drug-likeness (QED) is 0.220. The first-order chi connectivity index (χ1) is 19.4. The van der Waals surface area contributed by atoms with Crippen LogP contribution >= 0.6 is 11.6 Å².